The minimum absolute atomic E-state index is 0.130. The Balaban J connectivity index is 2.70. The van der Waals surface area contributed by atoms with Crippen molar-refractivity contribution >= 4 is 5.97 Å². The summed E-state index contributed by atoms with van der Waals surface area (Å²) in [6.07, 6.45) is 0. The number of nitrogens with one attached hydrogen (secondary N) is 1. The summed E-state index contributed by atoms with van der Waals surface area (Å²) in [6, 6.07) is 6.20. The van der Waals surface area contributed by atoms with Crippen LogP contribution in [-0.2, 0) is 9.53 Å². The molecule has 0 heterocycles. The van der Waals surface area contributed by atoms with E-state index in [-0.39, 0.29) is 18.1 Å². The van der Waals surface area contributed by atoms with Gasteiger partial charge in [-0.15, -0.1) is 0 Å². The summed E-state index contributed by atoms with van der Waals surface area (Å²) >= 11 is 0. The third-order valence-corrected chi connectivity index (χ3v) is 3.03. The lowest BCUT2D eigenvalue weighted by molar-refractivity contribution is -0.145. The fraction of sp³-hybridized carbons (Fsp3) is 0.533. The number of hydrogen-bond donors (Lipinski definition) is 1. The molecule has 1 aromatic rings. The standard InChI is InChI=1S/C15H23NO2/c1-6-18-15(17)13(5)16-12(4)14-8-7-10(2)9-11(14)3/h7-9,12-13,16H,6H2,1-5H3. The quantitative estimate of drug-likeness (QED) is 0.815. The molecule has 2 unspecified atom stereocenters. The van der Waals surface area contributed by atoms with Crippen molar-refractivity contribution in [2.45, 2.75) is 46.7 Å². The molecular formula is C15H23NO2. The minimum atomic E-state index is -0.291. The predicted octanol–water partition coefficient (Wildman–Crippen LogP) is 2.91. The predicted molar refractivity (Wildman–Crippen MR) is 73.6 cm³/mol. The van der Waals surface area contributed by atoms with Gasteiger partial charge in [-0.2, -0.15) is 0 Å². The van der Waals surface area contributed by atoms with E-state index in [1.54, 1.807) is 0 Å². The smallest absolute Gasteiger partial charge is 0.322 e. The number of benzene rings is 1. The summed E-state index contributed by atoms with van der Waals surface area (Å²) in [4.78, 5) is 11.6. The summed E-state index contributed by atoms with van der Waals surface area (Å²) in [5.41, 5.74) is 3.71. The normalized spacial score (nSPS) is 14.1. The molecule has 0 aromatic heterocycles. The highest BCUT2D eigenvalue weighted by molar-refractivity contribution is 5.75. The number of carbonyl (C=O) groups excluding carboxylic acids is 1. The van der Waals surface area contributed by atoms with Crippen LogP contribution in [0.5, 0.6) is 0 Å². The van der Waals surface area contributed by atoms with Crippen molar-refractivity contribution in [2.24, 2.45) is 0 Å². The Bertz CT molecular complexity index is 415. The van der Waals surface area contributed by atoms with Crippen molar-refractivity contribution in [3.05, 3.63) is 34.9 Å². The first-order valence-electron chi connectivity index (χ1n) is 6.45. The lowest BCUT2D eigenvalue weighted by Gasteiger charge is -2.21. The van der Waals surface area contributed by atoms with Gasteiger partial charge in [-0.3, -0.25) is 10.1 Å². The molecule has 0 amide bonds. The fourth-order valence-electron chi connectivity index (χ4n) is 2.11. The summed E-state index contributed by atoms with van der Waals surface area (Å²) < 4.78 is 4.99. The zero-order valence-corrected chi connectivity index (χ0v) is 11.9. The largest absolute Gasteiger partial charge is 0.465 e. The van der Waals surface area contributed by atoms with E-state index in [1.165, 1.54) is 16.7 Å². The molecular weight excluding hydrogens is 226 g/mol. The zero-order valence-electron chi connectivity index (χ0n) is 11.9. The topological polar surface area (TPSA) is 38.3 Å². The van der Waals surface area contributed by atoms with Crippen molar-refractivity contribution < 1.29 is 9.53 Å². The van der Waals surface area contributed by atoms with E-state index in [1.807, 2.05) is 13.8 Å². The Morgan fingerprint density at radius 3 is 2.56 bits per heavy atom. The third kappa shape index (κ3) is 3.84. The number of carbonyl (C=O) groups is 1. The van der Waals surface area contributed by atoms with Crippen LogP contribution >= 0.6 is 0 Å². The second kappa shape index (κ2) is 6.55. The molecule has 0 bridgehead atoms. The Labute approximate surface area is 110 Å². The number of aryl methyl sites for hydroxylation is 2. The van der Waals surface area contributed by atoms with Crippen molar-refractivity contribution in [3.63, 3.8) is 0 Å². The zero-order chi connectivity index (χ0) is 13.7. The first-order valence-corrected chi connectivity index (χ1v) is 6.45. The van der Waals surface area contributed by atoms with Gasteiger partial charge in [0.05, 0.1) is 6.61 Å². The molecule has 1 N–H and O–H groups in total. The second-order valence-corrected chi connectivity index (χ2v) is 4.72. The SMILES string of the molecule is CCOC(=O)C(C)NC(C)c1ccc(C)cc1C. The van der Waals surface area contributed by atoms with Gasteiger partial charge in [-0.05, 0) is 45.7 Å². The lowest BCUT2D eigenvalue weighted by atomic mass is 10.00. The van der Waals surface area contributed by atoms with Gasteiger partial charge in [-0.1, -0.05) is 23.8 Å². The monoisotopic (exact) mass is 249 g/mol. The van der Waals surface area contributed by atoms with Gasteiger partial charge < -0.3 is 4.74 Å². The number of esters is 1. The van der Waals surface area contributed by atoms with Gasteiger partial charge >= 0.3 is 5.97 Å². The van der Waals surface area contributed by atoms with Gasteiger partial charge in [0.15, 0.2) is 0 Å². The molecule has 100 valence electrons. The highest BCUT2D eigenvalue weighted by Crippen LogP contribution is 2.19. The molecule has 1 rings (SSSR count). The van der Waals surface area contributed by atoms with Crippen LogP contribution in [0.15, 0.2) is 18.2 Å². The molecule has 0 aliphatic heterocycles. The van der Waals surface area contributed by atoms with Gasteiger partial charge in [0, 0.05) is 6.04 Å². The van der Waals surface area contributed by atoms with Gasteiger partial charge in [-0.25, -0.2) is 0 Å². The maximum Gasteiger partial charge on any atom is 0.322 e. The van der Waals surface area contributed by atoms with E-state index < -0.39 is 0 Å². The Hall–Kier alpha value is -1.35. The molecule has 0 saturated heterocycles. The van der Waals surface area contributed by atoms with Crippen LogP contribution < -0.4 is 5.32 Å². The summed E-state index contributed by atoms with van der Waals surface area (Å²) in [5, 5.41) is 3.27. The molecule has 0 spiro atoms. The van der Waals surface area contributed by atoms with Crippen LogP contribution in [-0.4, -0.2) is 18.6 Å². The third-order valence-electron chi connectivity index (χ3n) is 3.03. The van der Waals surface area contributed by atoms with Crippen LogP contribution in [0.1, 0.15) is 43.5 Å². The molecule has 0 aliphatic carbocycles. The molecule has 18 heavy (non-hydrogen) atoms. The van der Waals surface area contributed by atoms with Crippen molar-refractivity contribution in [1.82, 2.24) is 5.32 Å². The van der Waals surface area contributed by atoms with Crippen molar-refractivity contribution in [3.8, 4) is 0 Å². The van der Waals surface area contributed by atoms with Crippen molar-refractivity contribution in [1.29, 1.82) is 0 Å². The molecule has 2 atom stereocenters. The van der Waals surface area contributed by atoms with Crippen molar-refractivity contribution in [2.75, 3.05) is 6.61 Å². The number of hydrogen-bond acceptors (Lipinski definition) is 3. The maximum absolute atomic E-state index is 11.6. The Morgan fingerprint density at radius 1 is 1.33 bits per heavy atom. The minimum Gasteiger partial charge on any atom is -0.465 e. The average molecular weight is 249 g/mol. The first-order chi connectivity index (χ1) is 8.45. The fourth-order valence-corrected chi connectivity index (χ4v) is 2.11. The molecule has 0 aliphatic rings. The second-order valence-electron chi connectivity index (χ2n) is 4.72. The number of rotatable bonds is 5. The van der Waals surface area contributed by atoms with E-state index in [9.17, 15) is 4.79 Å². The van der Waals surface area contributed by atoms with Crippen LogP contribution in [0.3, 0.4) is 0 Å². The molecule has 3 heteroatoms. The summed E-state index contributed by atoms with van der Waals surface area (Å²) in [5.74, 6) is -0.200. The van der Waals surface area contributed by atoms with E-state index in [2.05, 4.69) is 44.3 Å². The average Bonchev–Trinajstić information content (AvgIpc) is 2.28. The van der Waals surface area contributed by atoms with Gasteiger partial charge in [0.1, 0.15) is 6.04 Å². The summed E-state index contributed by atoms with van der Waals surface area (Å²) in [6.45, 7) is 10.3. The van der Waals surface area contributed by atoms with E-state index in [4.69, 9.17) is 4.74 Å². The van der Waals surface area contributed by atoms with Crippen LogP contribution in [0.4, 0.5) is 0 Å². The molecule has 0 radical (unpaired) electrons. The van der Waals surface area contributed by atoms with E-state index in [0.717, 1.165) is 0 Å². The maximum atomic E-state index is 11.6. The Morgan fingerprint density at radius 2 is 2.00 bits per heavy atom. The summed E-state index contributed by atoms with van der Waals surface area (Å²) in [7, 11) is 0. The molecule has 0 saturated carbocycles. The highest BCUT2D eigenvalue weighted by Gasteiger charge is 2.17. The van der Waals surface area contributed by atoms with Crippen LogP contribution in [0.2, 0.25) is 0 Å². The van der Waals surface area contributed by atoms with Gasteiger partial charge in [0.2, 0.25) is 0 Å². The van der Waals surface area contributed by atoms with Crippen LogP contribution in [0, 0.1) is 13.8 Å². The number of ether oxygens (including phenoxy) is 1. The van der Waals surface area contributed by atoms with E-state index in [0.29, 0.717) is 6.61 Å². The van der Waals surface area contributed by atoms with E-state index >= 15 is 0 Å². The molecule has 1 aromatic carbocycles. The molecule has 0 fully saturated rings. The molecule has 3 nitrogen and oxygen atoms in total. The Kier molecular flexibility index (Phi) is 5.35. The highest BCUT2D eigenvalue weighted by atomic mass is 16.5. The van der Waals surface area contributed by atoms with Gasteiger partial charge in [0.25, 0.3) is 0 Å². The lowest BCUT2D eigenvalue weighted by Crippen LogP contribution is -2.37. The van der Waals surface area contributed by atoms with Crippen LogP contribution in [0.25, 0.3) is 0 Å². The first kappa shape index (κ1) is 14.7.